The monoisotopic (exact) mass is 318 g/mol. The minimum atomic E-state index is -0.247. The molecule has 2 atom stereocenters. The molecule has 6 N–H and O–H groups in total. The van der Waals surface area contributed by atoms with E-state index in [1.54, 1.807) is 0 Å². The second kappa shape index (κ2) is 17.1. The van der Waals surface area contributed by atoms with Crippen LogP contribution in [-0.4, -0.2) is 74.8 Å². The van der Waals surface area contributed by atoms with Crippen LogP contribution in [-0.2, 0) is 0 Å². The van der Waals surface area contributed by atoms with Gasteiger partial charge in [0.2, 0.25) is 0 Å². The van der Waals surface area contributed by atoms with Crippen LogP contribution in [0.1, 0.15) is 39.5 Å². The summed E-state index contributed by atoms with van der Waals surface area (Å²) in [5.74, 6) is 0. The van der Waals surface area contributed by atoms with Crippen LogP contribution < -0.4 is 21.3 Å². The summed E-state index contributed by atoms with van der Waals surface area (Å²) in [6, 6.07) is 0. The smallest absolute Gasteiger partial charge is 0.0676 e. The highest BCUT2D eigenvalue weighted by Gasteiger charge is 2.02. The number of unbranched alkanes of at least 4 members (excludes halogenated alkanes) is 1. The molecule has 0 bridgehead atoms. The molecule has 6 heteroatoms. The van der Waals surface area contributed by atoms with E-state index in [2.05, 4.69) is 21.3 Å². The molecule has 0 heterocycles. The second-order valence-electron chi connectivity index (χ2n) is 5.71. The van der Waals surface area contributed by atoms with Gasteiger partial charge in [-0.2, -0.15) is 0 Å². The first kappa shape index (κ1) is 21.8. The van der Waals surface area contributed by atoms with Crippen molar-refractivity contribution in [2.75, 3.05) is 52.4 Å². The van der Waals surface area contributed by atoms with Crippen LogP contribution in [0.25, 0.3) is 0 Å². The summed E-state index contributed by atoms with van der Waals surface area (Å²) in [5, 5.41) is 32.3. The number of aliphatic hydroxyl groups is 2. The van der Waals surface area contributed by atoms with Crippen molar-refractivity contribution in [2.45, 2.75) is 51.7 Å². The Morgan fingerprint density at radius 1 is 0.636 bits per heavy atom. The molecule has 6 nitrogen and oxygen atoms in total. The molecule has 0 saturated carbocycles. The molecular weight excluding hydrogens is 280 g/mol. The standard InChI is InChI=1S/C16H38N4O2/c1-3-17-13-15(21)7-11-19-9-5-6-10-20-12-8-16(22)14-18-4-2/h15-22H,3-14H2,1-2H3. The van der Waals surface area contributed by atoms with Gasteiger partial charge in [0.1, 0.15) is 0 Å². The van der Waals surface area contributed by atoms with Crippen LogP contribution in [0.4, 0.5) is 0 Å². The summed E-state index contributed by atoms with van der Waals surface area (Å²) < 4.78 is 0. The van der Waals surface area contributed by atoms with Gasteiger partial charge in [0, 0.05) is 13.1 Å². The number of hydrogen-bond acceptors (Lipinski definition) is 6. The van der Waals surface area contributed by atoms with Gasteiger partial charge >= 0.3 is 0 Å². The lowest BCUT2D eigenvalue weighted by molar-refractivity contribution is 0.161. The molecule has 0 saturated heterocycles. The molecule has 134 valence electrons. The van der Waals surface area contributed by atoms with Crippen molar-refractivity contribution >= 4 is 0 Å². The van der Waals surface area contributed by atoms with E-state index in [-0.39, 0.29) is 12.2 Å². The van der Waals surface area contributed by atoms with Gasteiger partial charge in [-0.15, -0.1) is 0 Å². The van der Waals surface area contributed by atoms with E-state index in [0.29, 0.717) is 13.1 Å². The molecule has 0 radical (unpaired) electrons. The highest BCUT2D eigenvalue weighted by Crippen LogP contribution is 1.91. The van der Waals surface area contributed by atoms with Gasteiger partial charge in [-0.05, 0) is 65.0 Å². The van der Waals surface area contributed by atoms with Gasteiger partial charge < -0.3 is 31.5 Å². The van der Waals surface area contributed by atoms with E-state index < -0.39 is 0 Å². The molecule has 0 aliphatic heterocycles. The zero-order valence-electron chi connectivity index (χ0n) is 14.5. The summed E-state index contributed by atoms with van der Waals surface area (Å²) in [6.45, 7) is 11.0. The Hall–Kier alpha value is -0.240. The third kappa shape index (κ3) is 16.1. The van der Waals surface area contributed by atoms with Crippen molar-refractivity contribution in [1.29, 1.82) is 0 Å². The van der Waals surface area contributed by atoms with Crippen LogP contribution in [0.15, 0.2) is 0 Å². The molecule has 0 spiro atoms. The molecule has 2 unspecified atom stereocenters. The molecule has 22 heavy (non-hydrogen) atoms. The number of nitrogens with one attached hydrogen (secondary N) is 4. The lowest BCUT2D eigenvalue weighted by Gasteiger charge is -2.12. The van der Waals surface area contributed by atoms with E-state index >= 15 is 0 Å². The molecular formula is C16H38N4O2. The molecule has 0 aliphatic carbocycles. The molecule has 0 aromatic rings. The van der Waals surface area contributed by atoms with Gasteiger partial charge in [-0.3, -0.25) is 0 Å². The molecule has 0 amide bonds. The quantitative estimate of drug-likeness (QED) is 0.206. The van der Waals surface area contributed by atoms with Crippen molar-refractivity contribution in [3.05, 3.63) is 0 Å². The SMILES string of the molecule is CCNCC(O)CCNCCCCNCCC(O)CNCC. The third-order valence-corrected chi connectivity index (χ3v) is 3.53. The molecule has 0 aromatic heterocycles. The highest BCUT2D eigenvalue weighted by molar-refractivity contribution is 4.62. The summed E-state index contributed by atoms with van der Waals surface area (Å²) in [6.07, 6.45) is 3.38. The summed E-state index contributed by atoms with van der Waals surface area (Å²) in [7, 11) is 0. The predicted octanol–water partition coefficient (Wildman–Crippen LogP) is -0.333. The fraction of sp³-hybridized carbons (Fsp3) is 1.00. The summed E-state index contributed by atoms with van der Waals surface area (Å²) in [5.41, 5.74) is 0. The Balaban J connectivity index is 3.14. The maximum atomic E-state index is 9.64. The van der Waals surface area contributed by atoms with Crippen LogP contribution in [0.2, 0.25) is 0 Å². The van der Waals surface area contributed by atoms with E-state index in [9.17, 15) is 10.2 Å². The van der Waals surface area contributed by atoms with Crippen molar-refractivity contribution in [1.82, 2.24) is 21.3 Å². The highest BCUT2D eigenvalue weighted by atomic mass is 16.3. The summed E-state index contributed by atoms with van der Waals surface area (Å²) in [4.78, 5) is 0. The number of aliphatic hydroxyl groups excluding tert-OH is 2. The van der Waals surface area contributed by atoms with Gasteiger partial charge in [-0.1, -0.05) is 13.8 Å². The average Bonchev–Trinajstić information content (AvgIpc) is 2.52. The number of hydrogen-bond donors (Lipinski definition) is 6. The first-order valence-corrected chi connectivity index (χ1v) is 8.89. The lowest BCUT2D eigenvalue weighted by atomic mass is 10.2. The normalized spacial score (nSPS) is 14.2. The largest absolute Gasteiger partial charge is 0.392 e. The Kier molecular flexibility index (Phi) is 16.9. The fourth-order valence-electron chi connectivity index (χ4n) is 2.11. The van der Waals surface area contributed by atoms with Crippen molar-refractivity contribution < 1.29 is 10.2 Å². The van der Waals surface area contributed by atoms with E-state index in [0.717, 1.165) is 65.0 Å². The van der Waals surface area contributed by atoms with Crippen LogP contribution in [0, 0.1) is 0 Å². The van der Waals surface area contributed by atoms with Crippen molar-refractivity contribution in [3.63, 3.8) is 0 Å². The maximum Gasteiger partial charge on any atom is 0.0676 e. The molecule has 0 rings (SSSR count). The Bertz CT molecular complexity index is 198. The summed E-state index contributed by atoms with van der Waals surface area (Å²) >= 11 is 0. The zero-order chi connectivity index (χ0) is 16.5. The first-order valence-electron chi connectivity index (χ1n) is 8.89. The van der Waals surface area contributed by atoms with Gasteiger partial charge in [-0.25, -0.2) is 0 Å². The Labute approximate surface area is 136 Å². The minimum Gasteiger partial charge on any atom is -0.392 e. The van der Waals surface area contributed by atoms with Gasteiger partial charge in [0.15, 0.2) is 0 Å². The zero-order valence-corrected chi connectivity index (χ0v) is 14.5. The van der Waals surface area contributed by atoms with Crippen LogP contribution >= 0.6 is 0 Å². The first-order chi connectivity index (χ1) is 10.7. The second-order valence-corrected chi connectivity index (χ2v) is 5.71. The van der Waals surface area contributed by atoms with Gasteiger partial charge in [0.05, 0.1) is 12.2 Å². The fourth-order valence-corrected chi connectivity index (χ4v) is 2.11. The molecule has 0 aromatic carbocycles. The third-order valence-electron chi connectivity index (χ3n) is 3.53. The molecule has 0 aliphatic rings. The average molecular weight is 319 g/mol. The van der Waals surface area contributed by atoms with E-state index in [1.807, 2.05) is 13.8 Å². The maximum absolute atomic E-state index is 9.64. The minimum absolute atomic E-state index is 0.247. The number of rotatable bonds is 17. The van der Waals surface area contributed by atoms with Crippen molar-refractivity contribution in [3.8, 4) is 0 Å². The number of likely N-dealkylation sites (N-methyl/N-ethyl adjacent to an activating group) is 2. The Morgan fingerprint density at radius 3 is 1.41 bits per heavy atom. The van der Waals surface area contributed by atoms with Crippen molar-refractivity contribution in [2.24, 2.45) is 0 Å². The lowest BCUT2D eigenvalue weighted by Crippen LogP contribution is -2.30. The topological polar surface area (TPSA) is 88.6 Å². The predicted molar refractivity (Wildman–Crippen MR) is 93.3 cm³/mol. The van der Waals surface area contributed by atoms with E-state index in [1.165, 1.54) is 0 Å². The Morgan fingerprint density at radius 2 is 1.05 bits per heavy atom. The van der Waals surface area contributed by atoms with E-state index in [4.69, 9.17) is 0 Å². The van der Waals surface area contributed by atoms with Gasteiger partial charge in [0.25, 0.3) is 0 Å². The van der Waals surface area contributed by atoms with Crippen LogP contribution in [0.3, 0.4) is 0 Å². The van der Waals surface area contributed by atoms with Crippen LogP contribution in [0.5, 0.6) is 0 Å². The molecule has 0 fully saturated rings.